The van der Waals surface area contributed by atoms with Crippen molar-refractivity contribution < 1.29 is 17.9 Å². The molecule has 25 heavy (non-hydrogen) atoms. The Labute approximate surface area is 147 Å². The molecule has 0 saturated carbocycles. The molecule has 0 aliphatic carbocycles. The van der Waals surface area contributed by atoms with Gasteiger partial charge in [-0.05, 0) is 55.5 Å². The molecule has 0 radical (unpaired) electrons. The summed E-state index contributed by atoms with van der Waals surface area (Å²) >= 11 is 0. The smallest absolute Gasteiger partial charge is 0.248 e. The third kappa shape index (κ3) is 5.35. The Morgan fingerprint density at radius 3 is 2.32 bits per heavy atom. The summed E-state index contributed by atoms with van der Waals surface area (Å²) in [4.78, 5) is 11.1. The van der Waals surface area contributed by atoms with Crippen LogP contribution >= 0.6 is 0 Å². The van der Waals surface area contributed by atoms with Crippen molar-refractivity contribution in [2.75, 3.05) is 13.2 Å². The first kappa shape index (κ1) is 18.5. The number of carbonyl (C=O) groups excluding carboxylic acids is 1. The molecule has 0 aromatic heterocycles. The molecular formula is C18H18N2O4S. The minimum atomic E-state index is -3.63. The van der Waals surface area contributed by atoms with Gasteiger partial charge in [0.1, 0.15) is 5.75 Å². The van der Waals surface area contributed by atoms with Crippen LogP contribution in [0.5, 0.6) is 5.75 Å². The van der Waals surface area contributed by atoms with Crippen LogP contribution in [0.1, 0.15) is 22.8 Å². The number of nitrogens with one attached hydrogen (secondary N) is 1. The van der Waals surface area contributed by atoms with E-state index in [2.05, 4.69) is 16.6 Å². The monoisotopic (exact) mass is 358 g/mol. The highest BCUT2D eigenvalue weighted by atomic mass is 32.2. The lowest BCUT2D eigenvalue weighted by Gasteiger charge is -2.06. The van der Waals surface area contributed by atoms with Crippen molar-refractivity contribution in [1.29, 1.82) is 0 Å². The second-order valence-electron chi connectivity index (χ2n) is 4.97. The summed E-state index contributed by atoms with van der Waals surface area (Å²) in [6, 6.07) is 12.6. The van der Waals surface area contributed by atoms with Crippen LogP contribution in [0.2, 0.25) is 0 Å². The van der Waals surface area contributed by atoms with Crippen LogP contribution in [0.25, 0.3) is 0 Å². The molecule has 0 spiro atoms. The number of nitrogens with two attached hydrogens (primary N) is 1. The minimum Gasteiger partial charge on any atom is -0.494 e. The Morgan fingerprint density at radius 1 is 1.12 bits per heavy atom. The molecular weight excluding hydrogens is 340 g/mol. The number of hydrogen-bond donors (Lipinski definition) is 2. The first-order chi connectivity index (χ1) is 11.9. The van der Waals surface area contributed by atoms with Gasteiger partial charge in [-0.2, -0.15) is 4.72 Å². The number of carbonyl (C=O) groups is 1. The van der Waals surface area contributed by atoms with E-state index in [1.54, 1.807) is 36.4 Å². The summed E-state index contributed by atoms with van der Waals surface area (Å²) in [7, 11) is -3.63. The largest absolute Gasteiger partial charge is 0.494 e. The predicted molar refractivity (Wildman–Crippen MR) is 94.6 cm³/mol. The van der Waals surface area contributed by atoms with Gasteiger partial charge in [0.05, 0.1) is 18.0 Å². The second-order valence-corrected chi connectivity index (χ2v) is 6.74. The number of sulfonamides is 1. The summed E-state index contributed by atoms with van der Waals surface area (Å²) in [5.74, 6) is 5.64. The Hall–Kier alpha value is -2.82. The normalized spacial score (nSPS) is 10.6. The number of benzene rings is 2. The summed E-state index contributed by atoms with van der Waals surface area (Å²) in [5.41, 5.74) is 6.20. The average molecular weight is 358 g/mol. The highest BCUT2D eigenvalue weighted by Gasteiger charge is 2.12. The van der Waals surface area contributed by atoms with E-state index in [1.807, 2.05) is 6.92 Å². The van der Waals surface area contributed by atoms with Crippen LogP contribution in [0, 0.1) is 11.8 Å². The number of rotatable bonds is 6. The van der Waals surface area contributed by atoms with Gasteiger partial charge < -0.3 is 10.5 Å². The topological polar surface area (TPSA) is 98.5 Å². The highest BCUT2D eigenvalue weighted by molar-refractivity contribution is 7.89. The van der Waals surface area contributed by atoms with E-state index in [9.17, 15) is 13.2 Å². The molecule has 0 heterocycles. The van der Waals surface area contributed by atoms with Gasteiger partial charge in [-0.15, -0.1) is 0 Å². The Kier molecular flexibility index (Phi) is 6.17. The first-order valence-electron chi connectivity index (χ1n) is 7.53. The molecule has 2 aromatic rings. The summed E-state index contributed by atoms with van der Waals surface area (Å²) in [6.45, 7) is 2.33. The SMILES string of the molecule is CCOc1ccc(S(=O)(=O)NCC#Cc2ccc(C(N)=O)cc2)cc1. The second kappa shape index (κ2) is 8.33. The van der Waals surface area contributed by atoms with Crippen LogP contribution < -0.4 is 15.2 Å². The Bertz CT molecular complexity index is 893. The average Bonchev–Trinajstić information content (AvgIpc) is 2.60. The van der Waals surface area contributed by atoms with Gasteiger partial charge in [0.15, 0.2) is 0 Å². The lowest BCUT2D eigenvalue weighted by atomic mass is 10.1. The van der Waals surface area contributed by atoms with E-state index in [1.165, 1.54) is 12.1 Å². The van der Waals surface area contributed by atoms with Gasteiger partial charge in [-0.3, -0.25) is 4.79 Å². The minimum absolute atomic E-state index is 0.0346. The molecule has 1 amide bonds. The summed E-state index contributed by atoms with van der Waals surface area (Å²) < 4.78 is 32.0. The van der Waals surface area contributed by atoms with E-state index < -0.39 is 15.9 Å². The van der Waals surface area contributed by atoms with E-state index in [4.69, 9.17) is 10.5 Å². The van der Waals surface area contributed by atoms with Crippen molar-refractivity contribution in [3.63, 3.8) is 0 Å². The van der Waals surface area contributed by atoms with Crippen LogP contribution in [0.15, 0.2) is 53.4 Å². The quantitative estimate of drug-likeness (QED) is 0.765. The maximum atomic E-state index is 12.2. The van der Waals surface area contributed by atoms with Gasteiger partial charge in [0.25, 0.3) is 0 Å². The van der Waals surface area contributed by atoms with Crippen molar-refractivity contribution in [1.82, 2.24) is 4.72 Å². The van der Waals surface area contributed by atoms with Crippen LogP contribution in [-0.4, -0.2) is 27.5 Å². The van der Waals surface area contributed by atoms with E-state index in [-0.39, 0.29) is 11.4 Å². The van der Waals surface area contributed by atoms with Crippen LogP contribution in [0.4, 0.5) is 0 Å². The Balaban J connectivity index is 1.97. The van der Waals surface area contributed by atoms with Gasteiger partial charge in [0, 0.05) is 11.1 Å². The number of ether oxygens (including phenoxy) is 1. The molecule has 0 aliphatic heterocycles. The van der Waals surface area contributed by atoms with Crippen molar-refractivity contribution in [3.05, 3.63) is 59.7 Å². The van der Waals surface area contributed by atoms with Crippen molar-refractivity contribution in [2.24, 2.45) is 5.73 Å². The lowest BCUT2D eigenvalue weighted by molar-refractivity contribution is 0.100. The fourth-order valence-electron chi connectivity index (χ4n) is 1.96. The van der Waals surface area contributed by atoms with Crippen molar-refractivity contribution in [3.8, 4) is 17.6 Å². The maximum Gasteiger partial charge on any atom is 0.248 e. The highest BCUT2D eigenvalue weighted by Crippen LogP contribution is 2.15. The molecule has 0 aliphatic rings. The molecule has 2 aromatic carbocycles. The lowest BCUT2D eigenvalue weighted by Crippen LogP contribution is -2.23. The summed E-state index contributed by atoms with van der Waals surface area (Å²) in [6.07, 6.45) is 0. The number of amides is 1. The molecule has 6 nitrogen and oxygen atoms in total. The molecule has 0 bridgehead atoms. The molecule has 130 valence electrons. The molecule has 3 N–H and O–H groups in total. The molecule has 2 rings (SSSR count). The number of primary amides is 1. The van der Waals surface area contributed by atoms with Crippen molar-refractivity contribution in [2.45, 2.75) is 11.8 Å². The van der Waals surface area contributed by atoms with E-state index >= 15 is 0 Å². The molecule has 7 heteroatoms. The fourth-order valence-corrected chi connectivity index (χ4v) is 2.88. The van der Waals surface area contributed by atoms with Crippen LogP contribution in [-0.2, 0) is 10.0 Å². The molecule has 0 atom stereocenters. The van der Waals surface area contributed by atoms with Gasteiger partial charge in [-0.1, -0.05) is 11.8 Å². The standard InChI is InChI=1S/C18H18N2O4S/c1-2-24-16-9-11-17(12-10-16)25(22,23)20-13-3-4-14-5-7-15(8-6-14)18(19)21/h5-12,20H,2,13H2,1H3,(H2,19,21). The van der Waals surface area contributed by atoms with Gasteiger partial charge >= 0.3 is 0 Å². The zero-order chi connectivity index (χ0) is 18.3. The van der Waals surface area contributed by atoms with Gasteiger partial charge in [0.2, 0.25) is 15.9 Å². The fraction of sp³-hybridized carbons (Fsp3) is 0.167. The van der Waals surface area contributed by atoms with Gasteiger partial charge in [-0.25, -0.2) is 8.42 Å². The molecule has 0 unspecified atom stereocenters. The number of hydrogen-bond acceptors (Lipinski definition) is 4. The van der Waals surface area contributed by atoms with E-state index in [0.717, 1.165) is 0 Å². The Morgan fingerprint density at radius 2 is 1.76 bits per heavy atom. The zero-order valence-corrected chi connectivity index (χ0v) is 14.5. The summed E-state index contributed by atoms with van der Waals surface area (Å²) in [5, 5.41) is 0. The van der Waals surface area contributed by atoms with Crippen LogP contribution in [0.3, 0.4) is 0 Å². The predicted octanol–water partition coefficient (Wildman–Crippen LogP) is 1.51. The first-order valence-corrected chi connectivity index (χ1v) is 9.02. The van der Waals surface area contributed by atoms with E-state index in [0.29, 0.717) is 23.5 Å². The third-order valence-corrected chi connectivity index (χ3v) is 4.61. The third-order valence-electron chi connectivity index (χ3n) is 3.20. The molecule has 0 saturated heterocycles. The van der Waals surface area contributed by atoms with Crippen molar-refractivity contribution >= 4 is 15.9 Å². The molecule has 0 fully saturated rings. The maximum absolute atomic E-state index is 12.2. The zero-order valence-electron chi connectivity index (χ0n) is 13.7.